The Labute approximate surface area is 469 Å². The van der Waals surface area contributed by atoms with Crippen molar-refractivity contribution in [2.24, 2.45) is 0 Å². The fraction of sp³-hybridized carbons (Fsp3) is 0.942. The normalized spacial score (nSPS) is 12.5. The van der Waals surface area contributed by atoms with Gasteiger partial charge in [-0.25, -0.2) is 0 Å². The van der Waals surface area contributed by atoms with Gasteiger partial charge in [0.25, 0.3) is 0 Å². The van der Waals surface area contributed by atoms with Gasteiger partial charge < -0.3 is 20.3 Å². The van der Waals surface area contributed by atoms with E-state index in [1.54, 1.807) is 6.08 Å². The Bertz CT molecular complexity index is 1130. The van der Waals surface area contributed by atoms with Crippen LogP contribution in [-0.4, -0.2) is 47.4 Å². The molecule has 0 radical (unpaired) electrons. The summed E-state index contributed by atoms with van der Waals surface area (Å²) < 4.78 is 5.48. The van der Waals surface area contributed by atoms with E-state index in [-0.39, 0.29) is 18.5 Å². The summed E-state index contributed by atoms with van der Waals surface area (Å²) in [4.78, 5) is 24.5. The highest BCUT2D eigenvalue weighted by atomic mass is 16.5. The summed E-state index contributed by atoms with van der Waals surface area (Å²) in [5, 5.41) is 23.2. The quantitative estimate of drug-likeness (QED) is 0.0320. The molecule has 446 valence electrons. The standard InChI is InChI=1S/C69H135NO5/c1-3-5-7-9-11-13-15-17-18-19-32-35-38-41-45-49-53-57-61-67(72)66(65-71)70-68(73)62-58-54-50-46-42-39-36-33-30-28-26-24-22-20-21-23-25-27-29-31-34-37-40-44-48-52-56-60-64-75-69(74)63-59-55-51-47-43-16-14-12-10-8-6-4-2/h57,61,66-67,71-72H,3-56,58-60,62-65H2,1-2H3,(H,70,73)/b61-57+. The molecule has 0 aliphatic rings. The smallest absolute Gasteiger partial charge is 0.305 e. The molecule has 0 heterocycles. The highest BCUT2D eigenvalue weighted by molar-refractivity contribution is 5.76. The summed E-state index contributed by atoms with van der Waals surface area (Å²) in [6, 6.07) is -0.625. The number of amides is 1. The van der Waals surface area contributed by atoms with E-state index < -0.39 is 12.1 Å². The molecule has 75 heavy (non-hydrogen) atoms. The van der Waals surface area contributed by atoms with Crippen LogP contribution in [-0.2, 0) is 14.3 Å². The number of ether oxygens (including phenoxy) is 1. The van der Waals surface area contributed by atoms with E-state index in [1.165, 1.54) is 327 Å². The van der Waals surface area contributed by atoms with Gasteiger partial charge >= 0.3 is 5.97 Å². The summed E-state index contributed by atoms with van der Waals surface area (Å²) in [6.07, 6.45) is 80.0. The van der Waals surface area contributed by atoms with Crippen LogP contribution in [0.1, 0.15) is 393 Å². The maximum Gasteiger partial charge on any atom is 0.305 e. The Balaban J connectivity index is 3.36. The molecule has 0 aromatic rings. The maximum absolute atomic E-state index is 12.5. The van der Waals surface area contributed by atoms with E-state index in [9.17, 15) is 19.8 Å². The number of esters is 1. The van der Waals surface area contributed by atoms with Crippen molar-refractivity contribution in [1.29, 1.82) is 0 Å². The SMILES string of the molecule is CCCCCCCCCCCCCCCCCC/C=C/C(O)C(CO)NC(=O)CCCCCCCCCCCCCCCCCCCCCCCCCCCCCCOC(=O)CCCCCCCCCCCCCC. The fourth-order valence-electron chi connectivity index (χ4n) is 11.1. The third-order valence-corrected chi connectivity index (χ3v) is 16.3. The van der Waals surface area contributed by atoms with Crippen LogP contribution in [0.25, 0.3) is 0 Å². The molecule has 0 aromatic heterocycles. The Morgan fingerprint density at radius 3 is 0.907 bits per heavy atom. The molecule has 2 unspecified atom stereocenters. The molecule has 0 aliphatic heterocycles. The van der Waals surface area contributed by atoms with Crippen molar-refractivity contribution in [3.05, 3.63) is 12.2 Å². The van der Waals surface area contributed by atoms with Crippen molar-refractivity contribution >= 4 is 11.9 Å². The molecule has 0 bridgehead atoms. The number of hydrogen-bond donors (Lipinski definition) is 3. The molecular weight excluding hydrogens is 923 g/mol. The van der Waals surface area contributed by atoms with Gasteiger partial charge in [0.2, 0.25) is 5.91 Å². The lowest BCUT2D eigenvalue weighted by molar-refractivity contribution is -0.143. The first-order valence-electron chi connectivity index (χ1n) is 34.5. The monoisotopic (exact) mass is 1060 g/mol. The molecule has 0 aromatic carbocycles. The van der Waals surface area contributed by atoms with Gasteiger partial charge in [-0.3, -0.25) is 9.59 Å². The average molecular weight is 1060 g/mol. The number of unbranched alkanes of at least 4 members (excludes halogenated alkanes) is 54. The van der Waals surface area contributed by atoms with Gasteiger partial charge in [-0.1, -0.05) is 360 Å². The Kier molecular flexibility index (Phi) is 63.9. The fourth-order valence-corrected chi connectivity index (χ4v) is 11.1. The molecule has 0 aliphatic carbocycles. The Hall–Kier alpha value is -1.40. The number of carbonyl (C=O) groups excluding carboxylic acids is 2. The molecule has 2 atom stereocenters. The largest absolute Gasteiger partial charge is 0.466 e. The third kappa shape index (κ3) is 61.7. The summed E-state index contributed by atoms with van der Waals surface area (Å²) >= 11 is 0. The van der Waals surface area contributed by atoms with Gasteiger partial charge in [0, 0.05) is 12.8 Å². The zero-order valence-electron chi connectivity index (χ0n) is 51.1. The van der Waals surface area contributed by atoms with E-state index in [2.05, 4.69) is 19.2 Å². The molecule has 3 N–H and O–H groups in total. The number of hydrogen-bond acceptors (Lipinski definition) is 5. The van der Waals surface area contributed by atoms with Crippen LogP contribution in [0, 0.1) is 0 Å². The predicted octanol–water partition coefficient (Wildman–Crippen LogP) is 22.0. The van der Waals surface area contributed by atoms with E-state index in [0.29, 0.717) is 19.4 Å². The second kappa shape index (κ2) is 65.1. The molecular formula is C69H135NO5. The third-order valence-electron chi connectivity index (χ3n) is 16.3. The van der Waals surface area contributed by atoms with Crippen LogP contribution in [0.4, 0.5) is 0 Å². The molecule has 0 rings (SSSR count). The first-order chi connectivity index (χ1) is 37.0. The highest BCUT2D eigenvalue weighted by Crippen LogP contribution is 2.19. The molecule has 1 amide bonds. The van der Waals surface area contributed by atoms with Crippen molar-refractivity contribution in [1.82, 2.24) is 5.32 Å². The van der Waals surface area contributed by atoms with Crippen LogP contribution < -0.4 is 5.32 Å². The lowest BCUT2D eigenvalue weighted by Crippen LogP contribution is -2.45. The summed E-state index contributed by atoms with van der Waals surface area (Å²) in [5.41, 5.74) is 0. The van der Waals surface area contributed by atoms with Crippen LogP contribution >= 0.6 is 0 Å². The van der Waals surface area contributed by atoms with Crippen molar-refractivity contribution in [2.75, 3.05) is 13.2 Å². The van der Waals surface area contributed by atoms with Gasteiger partial charge in [-0.2, -0.15) is 0 Å². The minimum atomic E-state index is -0.842. The van der Waals surface area contributed by atoms with Crippen LogP contribution in [0.5, 0.6) is 0 Å². The molecule has 6 nitrogen and oxygen atoms in total. The number of aliphatic hydroxyl groups excluding tert-OH is 2. The summed E-state index contributed by atoms with van der Waals surface area (Å²) in [6.45, 7) is 4.94. The molecule has 0 saturated carbocycles. The van der Waals surface area contributed by atoms with Crippen molar-refractivity contribution in [3.63, 3.8) is 0 Å². The minimum absolute atomic E-state index is 0.0200. The van der Waals surface area contributed by atoms with Gasteiger partial charge in [0.1, 0.15) is 0 Å². The highest BCUT2D eigenvalue weighted by Gasteiger charge is 2.18. The topological polar surface area (TPSA) is 95.9 Å². The van der Waals surface area contributed by atoms with Gasteiger partial charge in [0.05, 0.1) is 25.4 Å². The van der Waals surface area contributed by atoms with E-state index >= 15 is 0 Å². The first-order valence-corrected chi connectivity index (χ1v) is 34.5. The number of allylic oxidation sites excluding steroid dienone is 1. The van der Waals surface area contributed by atoms with Crippen molar-refractivity contribution in [2.45, 2.75) is 405 Å². The lowest BCUT2D eigenvalue weighted by Gasteiger charge is -2.20. The first kappa shape index (κ1) is 73.6. The van der Waals surface area contributed by atoms with Crippen molar-refractivity contribution in [3.8, 4) is 0 Å². The Morgan fingerprint density at radius 1 is 0.360 bits per heavy atom. The number of nitrogens with one attached hydrogen (secondary N) is 1. The molecule has 6 heteroatoms. The number of aliphatic hydroxyl groups is 2. The van der Waals surface area contributed by atoms with Crippen LogP contribution in [0.3, 0.4) is 0 Å². The molecule has 0 spiro atoms. The molecule has 0 fully saturated rings. The predicted molar refractivity (Wildman–Crippen MR) is 329 cm³/mol. The number of carbonyl (C=O) groups is 2. The van der Waals surface area contributed by atoms with Crippen LogP contribution in [0.15, 0.2) is 12.2 Å². The van der Waals surface area contributed by atoms with E-state index in [0.717, 1.165) is 38.5 Å². The maximum atomic E-state index is 12.5. The average Bonchev–Trinajstić information content (AvgIpc) is 3.41. The van der Waals surface area contributed by atoms with E-state index in [1.807, 2.05) is 6.08 Å². The second-order valence-electron chi connectivity index (χ2n) is 23.9. The van der Waals surface area contributed by atoms with Crippen LogP contribution in [0.2, 0.25) is 0 Å². The Morgan fingerprint density at radius 2 is 0.613 bits per heavy atom. The zero-order chi connectivity index (χ0) is 54.3. The van der Waals surface area contributed by atoms with Gasteiger partial charge in [-0.15, -0.1) is 0 Å². The van der Waals surface area contributed by atoms with Gasteiger partial charge in [-0.05, 0) is 32.1 Å². The second-order valence-corrected chi connectivity index (χ2v) is 23.9. The summed E-state index contributed by atoms with van der Waals surface area (Å²) in [7, 11) is 0. The number of rotatable bonds is 65. The summed E-state index contributed by atoms with van der Waals surface area (Å²) in [5.74, 6) is -0.0411. The lowest BCUT2D eigenvalue weighted by atomic mass is 10.0. The zero-order valence-corrected chi connectivity index (χ0v) is 51.1. The van der Waals surface area contributed by atoms with Gasteiger partial charge in [0.15, 0.2) is 0 Å². The van der Waals surface area contributed by atoms with E-state index in [4.69, 9.17) is 4.74 Å². The van der Waals surface area contributed by atoms with Crippen molar-refractivity contribution < 1.29 is 24.5 Å². The minimum Gasteiger partial charge on any atom is -0.466 e. The molecule has 0 saturated heterocycles.